The normalized spacial score (nSPS) is 20.6. The van der Waals surface area contributed by atoms with Crippen LogP contribution >= 0.6 is 0 Å². The second-order valence-electron chi connectivity index (χ2n) is 5.84. The predicted molar refractivity (Wildman–Crippen MR) is 69.0 cm³/mol. The zero-order valence-corrected chi connectivity index (χ0v) is 11.6. The minimum absolute atomic E-state index is 0.0768. The summed E-state index contributed by atoms with van der Waals surface area (Å²) in [7, 11) is 1.86. The standard InChI is InChI=1S/C13H26N2O2/c1-13(2,3)14-8-7-12(16)15(4)10-11-6-5-9-17-11/h11,14H,5-10H2,1-4H3. The average molecular weight is 242 g/mol. The van der Waals surface area contributed by atoms with Gasteiger partial charge in [0, 0.05) is 38.7 Å². The Bertz CT molecular complexity index is 242. The van der Waals surface area contributed by atoms with Gasteiger partial charge in [0.15, 0.2) is 0 Å². The molecule has 1 fully saturated rings. The van der Waals surface area contributed by atoms with Crippen LogP contribution in [0.15, 0.2) is 0 Å². The Morgan fingerprint density at radius 1 is 1.47 bits per heavy atom. The van der Waals surface area contributed by atoms with Gasteiger partial charge in [-0.05, 0) is 33.6 Å². The van der Waals surface area contributed by atoms with E-state index in [-0.39, 0.29) is 17.6 Å². The van der Waals surface area contributed by atoms with E-state index in [0.717, 1.165) is 32.5 Å². The zero-order valence-electron chi connectivity index (χ0n) is 11.6. The molecule has 100 valence electrons. The van der Waals surface area contributed by atoms with Crippen LogP contribution in [0.4, 0.5) is 0 Å². The Morgan fingerprint density at radius 2 is 2.18 bits per heavy atom. The van der Waals surface area contributed by atoms with Crippen molar-refractivity contribution in [3.8, 4) is 0 Å². The molecule has 0 aliphatic carbocycles. The molecule has 1 rings (SSSR count). The van der Waals surface area contributed by atoms with Crippen LogP contribution in [0, 0.1) is 0 Å². The Hall–Kier alpha value is -0.610. The van der Waals surface area contributed by atoms with Crippen molar-refractivity contribution >= 4 is 5.91 Å². The summed E-state index contributed by atoms with van der Waals surface area (Å²) in [6.45, 7) is 8.62. The van der Waals surface area contributed by atoms with Crippen LogP contribution in [-0.2, 0) is 9.53 Å². The van der Waals surface area contributed by atoms with Gasteiger partial charge in [0.05, 0.1) is 6.10 Å². The highest BCUT2D eigenvalue weighted by molar-refractivity contribution is 5.76. The first-order valence-electron chi connectivity index (χ1n) is 6.49. The van der Waals surface area contributed by atoms with Crippen LogP contribution in [0.25, 0.3) is 0 Å². The summed E-state index contributed by atoms with van der Waals surface area (Å²) in [5.41, 5.74) is 0.0768. The molecule has 1 saturated heterocycles. The third kappa shape index (κ3) is 6.03. The van der Waals surface area contributed by atoms with Gasteiger partial charge < -0.3 is 15.0 Å². The molecular weight excluding hydrogens is 216 g/mol. The Kier molecular flexibility index (Phi) is 5.40. The number of rotatable bonds is 5. The molecule has 4 nitrogen and oxygen atoms in total. The molecule has 0 aromatic carbocycles. The van der Waals surface area contributed by atoms with Crippen LogP contribution in [0.1, 0.15) is 40.0 Å². The monoisotopic (exact) mass is 242 g/mol. The van der Waals surface area contributed by atoms with Crippen LogP contribution in [0.2, 0.25) is 0 Å². The number of ether oxygens (including phenoxy) is 1. The largest absolute Gasteiger partial charge is 0.376 e. The van der Waals surface area contributed by atoms with Gasteiger partial charge in [-0.3, -0.25) is 4.79 Å². The molecule has 1 aliphatic rings. The molecule has 0 bridgehead atoms. The van der Waals surface area contributed by atoms with E-state index in [1.54, 1.807) is 4.90 Å². The average Bonchev–Trinajstić information content (AvgIpc) is 2.68. The van der Waals surface area contributed by atoms with E-state index in [1.165, 1.54) is 0 Å². The summed E-state index contributed by atoms with van der Waals surface area (Å²) < 4.78 is 5.52. The molecule has 17 heavy (non-hydrogen) atoms. The number of likely N-dealkylation sites (N-methyl/N-ethyl adjacent to an activating group) is 1. The van der Waals surface area contributed by atoms with E-state index in [1.807, 2.05) is 7.05 Å². The highest BCUT2D eigenvalue weighted by Gasteiger charge is 2.20. The summed E-state index contributed by atoms with van der Waals surface area (Å²) in [4.78, 5) is 13.6. The highest BCUT2D eigenvalue weighted by Crippen LogP contribution is 2.13. The van der Waals surface area contributed by atoms with Crippen molar-refractivity contribution in [3.63, 3.8) is 0 Å². The fraction of sp³-hybridized carbons (Fsp3) is 0.923. The Labute approximate surface area is 105 Å². The second kappa shape index (κ2) is 6.36. The third-order valence-electron chi connectivity index (χ3n) is 2.92. The van der Waals surface area contributed by atoms with Crippen LogP contribution in [-0.4, -0.2) is 49.2 Å². The molecule has 1 amide bonds. The molecule has 1 N–H and O–H groups in total. The summed E-state index contributed by atoms with van der Waals surface area (Å²) >= 11 is 0. The maximum Gasteiger partial charge on any atom is 0.223 e. The van der Waals surface area contributed by atoms with Crippen molar-refractivity contribution in [1.82, 2.24) is 10.2 Å². The number of hydrogen-bond acceptors (Lipinski definition) is 3. The Morgan fingerprint density at radius 3 is 2.71 bits per heavy atom. The first-order valence-corrected chi connectivity index (χ1v) is 6.49. The fourth-order valence-corrected chi connectivity index (χ4v) is 1.93. The quantitative estimate of drug-likeness (QED) is 0.792. The minimum Gasteiger partial charge on any atom is -0.376 e. The van der Waals surface area contributed by atoms with Crippen LogP contribution in [0.5, 0.6) is 0 Å². The number of nitrogens with zero attached hydrogens (tertiary/aromatic N) is 1. The van der Waals surface area contributed by atoms with Crippen LogP contribution in [0.3, 0.4) is 0 Å². The fourth-order valence-electron chi connectivity index (χ4n) is 1.93. The van der Waals surface area contributed by atoms with E-state index < -0.39 is 0 Å². The lowest BCUT2D eigenvalue weighted by atomic mass is 10.1. The molecule has 0 aromatic heterocycles. The minimum atomic E-state index is 0.0768. The van der Waals surface area contributed by atoms with Gasteiger partial charge in [-0.15, -0.1) is 0 Å². The zero-order chi connectivity index (χ0) is 12.9. The summed E-state index contributed by atoms with van der Waals surface area (Å²) in [5, 5.41) is 3.32. The lowest BCUT2D eigenvalue weighted by molar-refractivity contribution is -0.131. The van der Waals surface area contributed by atoms with Gasteiger partial charge in [-0.1, -0.05) is 0 Å². The molecule has 0 saturated carbocycles. The van der Waals surface area contributed by atoms with Gasteiger partial charge in [-0.25, -0.2) is 0 Å². The van der Waals surface area contributed by atoms with Crippen molar-refractivity contribution in [3.05, 3.63) is 0 Å². The van der Waals surface area contributed by atoms with E-state index in [0.29, 0.717) is 6.42 Å². The molecule has 4 heteroatoms. The summed E-state index contributed by atoms with van der Waals surface area (Å²) in [6, 6.07) is 0. The molecule has 0 radical (unpaired) electrons. The smallest absolute Gasteiger partial charge is 0.223 e. The molecule has 1 atom stereocenters. The van der Waals surface area contributed by atoms with Crippen LogP contribution < -0.4 is 5.32 Å². The molecule has 0 spiro atoms. The Balaban J connectivity index is 2.17. The van der Waals surface area contributed by atoms with Gasteiger partial charge in [0.1, 0.15) is 0 Å². The summed E-state index contributed by atoms with van der Waals surface area (Å²) in [5.74, 6) is 0.192. The highest BCUT2D eigenvalue weighted by atomic mass is 16.5. The number of amides is 1. The topological polar surface area (TPSA) is 41.6 Å². The van der Waals surface area contributed by atoms with Gasteiger partial charge >= 0.3 is 0 Å². The SMILES string of the molecule is CN(CC1CCCO1)C(=O)CCNC(C)(C)C. The first-order chi connectivity index (χ1) is 7.88. The van der Waals surface area contributed by atoms with Gasteiger partial charge in [-0.2, -0.15) is 0 Å². The number of carbonyl (C=O) groups excluding carboxylic acids is 1. The van der Waals surface area contributed by atoms with E-state index in [2.05, 4.69) is 26.1 Å². The van der Waals surface area contributed by atoms with E-state index in [9.17, 15) is 4.79 Å². The lowest BCUT2D eigenvalue weighted by Gasteiger charge is -2.23. The number of carbonyl (C=O) groups is 1. The number of hydrogen-bond donors (Lipinski definition) is 1. The van der Waals surface area contributed by atoms with E-state index in [4.69, 9.17) is 4.74 Å². The first kappa shape index (κ1) is 14.5. The maximum absolute atomic E-state index is 11.8. The van der Waals surface area contributed by atoms with E-state index >= 15 is 0 Å². The maximum atomic E-state index is 11.8. The van der Waals surface area contributed by atoms with Crippen molar-refractivity contribution in [2.75, 3.05) is 26.7 Å². The van der Waals surface area contributed by atoms with Gasteiger partial charge in [0.25, 0.3) is 0 Å². The second-order valence-corrected chi connectivity index (χ2v) is 5.84. The molecular formula is C13H26N2O2. The third-order valence-corrected chi connectivity index (χ3v) is 2.92. The summed E-state index contributed by atoms with van der Waals surface area (Å²) in [6.07, 6.45) is 3.01. The molecule has 1 heterocycles. The van der Waals surface area contributed by atoms with Crippen molar-refractivity contribution in [2.45, 2.75) is 51.7 Å². The molecule has 1 unspecified atom stereocenters. The predicted octanol–water partition coefficient (Wildman–Crippen LogP) is 1.40. The van der Waals surface area contributed by atoms with Gasteiger partial charge in [0.2, 0.25) is 5.91 Å². The van der Waals surface area contributed by atoms with Crippen molar-refractivity contribution in [2.24, 2.45) is 0 Å². The molecule has 0 aromatic rings. The molecule has 1 aliphatic heterocycles. The number of nitrogens with one attached hydrogen (secondary N) is 1. The van der Waals surface area contributed by atoms with Crippen molar-refractivity contribution in [1.29, 1.82) is 0 Å². The lowest BCUT2D eigenvalue weighted by Crippen LogP contribution is -2.40. The van der Waals surface area contributed by atoms with Crippen molar-refractivity contribution < 1.29 is 9.53 Å².